The van der Waals surface area contributed by atoms with Crippen molar-refractivity contribution in [2.45, 2.75) is 77.7 Å². The fraction of sp³-hybridized carbons (Fsp3) is 0.552. The van der Waals surface area contributed by atoms with Crippen LogP contribution in [0.1, 0.15) is 87.1 Å². The number of carbonyl (C=O) groups is 1. The summed E-state index contributed by atoms with van der Waals surface area (Å²) >= 11 is 0. The van der Waals surface area contributed by atoms with Crippen molar-refractivity contribution in [2.24, 2.45) is 0 Å². The van der Waals surface area contributed by atoms with E-state index in [1.165, 1.54) is 50.5 Å². The molecule has 2 aromatic rings. The van der Waals surface area contributed by atoms with Crippen molar-refractivity contribution in [1.29, 1.82) is 0 Å². The summed E-state index contributed by atoms with van der Waals surface area (Å²) in [5.74, 6) is 1.09. The second-order valence-electron chi connectivity index (χ2n) is 9.68. The first-order valence-electron chi connectivity index (χ1n) is 12.6. The number of Topliss-reactive ketones (excluding diaryl/α,β-unsaturated/α-hetero) is 1. The lowest BCUT2D eigenvalue weighted by molar-refractivity contribution is -0.903. The Balaban J connectivity index is 0.00000544. The minimum atomic E-state index is 0. The Kier molecular flexibility index (Phi) is 14.8. The number of rotatable bonds is 17. The number of nitrogens with zero attached hydrogens (tertiary/aromatic N) is 1. The average molecular weight is 474 g/mol. The average Bonchev–Trinajstić information content (AvgIpc) is 2.78. The van der Waals surface area contributed by atoms with Crippen molar-refractivity contribution in [3.63, 3.8) is 0 Å². The van der Waals surface area contributed by atoms with E-state index in [0.29, 0.717) is 13.0 Å². The van der Waals surface area contributed by atoms with Crippen LogP contribution >= 0.6 is 0 Å². The molecule has 0 aliphatic rings. The number of quaternary nitrogens is 1. The molecule has 0 atom stereocenters. The van der Waals surface area contributed by atoms with Gasteiger partial charge in [0.25, 0.3) is 0 Å². The Morgan fingerprint density at radius 2 is 1.36 bits per heavy atom. The number of ether oxygens (including phenoxy) is 1. The van der Waals surface area contributed by atoms with Crippen LogP contribution in [0.5, 0.6) is 5.75 Å². The van der Waals surface area contributed by atoms with Crippen LogP contribution in [0.25, 0.3) is 0 Å². The summed E-state index contributed by atoms with van der Waals surface area (Å²) in [4.78, 5) is 12.4. The molecule has 0 aliphatic carbocycles. The molecule has 3 nitrogen and oxygen atoms in total. The van der Waals surface area contributed by atoms with Crippen molar-refractivity contribution < 1.29 is 26.4 Å². The van der Waals surface area contributed by atoms with Crippen molar-refractivity contribution >= 4 is 5.78 Å². The highest BCUT2D eigenvalue weighted by Crippen LogP contribution is 2.17. The molecule has 0 radical (unpaired) electrons. The van der Waals surface area contributed by atoms with Crippen molar-refractivity contribution in [1.82, 2.24) is 0 Å². The molecular weight excluding hydrogens is 430 g/mol. The SMILES string of the molecule is CCCCCCCCCCCC(=O)c1ccc(OCC[N+](C)(C)Cc2ccccc2)cc1.[Cl-]. The molecule has 0 fully saturated rings. The van der Waals surface area contributed by atoms with Crippen LogP contribution in [0.3, 0.4) is 0 Å². The first kappa shape index (κ1) is 29.2. The number of ketones is 1. The quantitative estimate of drug-likeness (QED) is 0.193. The molecule has 0 heterocycles. The Morgan fingerprint density at radius 1 is 0.788 bits per heavy atom. The third-order valence-electron chi connectivity index (χ3n) is 6.10. The first-order valence-corrected chi connectivity index (χ1v) is 12.6. The van der Waals surface area contributed by atoms with Crippen LogP contribution in [0.4, 0.5) is 0 Å². The molecule has 33 heavy (non-hydrogen) atoms. The minimum absolute atomic E-state index is 0. The second kappa shape index (κ2) is 16.7. The second-order valence-corrected chi connectivity index (χ2v) is 9.68. The molecule has 0 saturated carbocycles. The van der Waals surface area contributed by atoms with Gasteiger partial charge in [-0.3, -0.25) is 4.79 Å². The smallest absolute Gasteiger partial charge is 0.162 e. The predicted octanol–water partition coefficient (Wildman–Crippen LogP) is 4.45. The molecule has 4 heteroatoms. The number of hydrogen-bond acceptors (Lipinski definition) is 2. The van der Waals surface area contributed by atoms with Crippen LogP contribution < -0.4 is 17.1 Å². The minimum Gasteiger partial charge on any atom is -1.00 e. The van der Waals surface area contributed by atoms with E-state index in [9.17, 15) is 4.79 Å². The van der Waals surface area contributed by atoms with E-state index in [1.807, 2.05) is 24.3 Å². The molecule has 0 spiro atoms. The highest BCUT2D eigenvalue weighted by atomic mass is 35.5. The molecule has 2 aromatic carbocycles. The Hall–Kier alpha value is -1.84. The van der Waals surface area contributed by atoms with Gasteiger partial charge in [0.15, 0.2) is 5.78 Å². The largest absolute Gasteiger partial charge is 1.00 e. The zero-order valence-corrected chi connectivity index (χ0v) is 21.8. The molecular formula is C29H44ClNO2. The van der Waals surface area contributed by atoms with Crippen LogP contribution in [-0.2, 0) is 6.54 Å². The molecule has 0 amide bonds. The molecule has 0 saturated heterocycles. The summed E-state index contributed by atoms with van der Waals surface area (Å²) in [6.07, 6.45) is 12.1. The van der Waals surface area contributed by atoms with Gasteiger partial charge >= 0.3 is 0 Å². The molecule has 0 aromatic heterocycles. The highest BCUT2D eigenvalue weighted by Gasteiger charge is 2.16. The Labute approximate surface area is 208 Å². The number of halogens is 1. The summed E-state index contributed by atoms with van der Waals surface area (Å²) in [5, 5.41) is 0. The van der Waals surface area contributed by atoms with Gasteiger partial charge in [-0.25, -0.2) is 0 Å². The maximum Gasteiger partial charge on any atom is 0.162 e. The van der Waals surface area contributed by atoms with Gasteiger partial charge < -0.3 is 21.6 Å². The van der Waals surface area contributed by atoms with Gasteiger partial charge in [-0.1, -0.05) is 88.6 Å². The number of hydrogen-bond donors (Lipinski definition) is 0. The van der Waals surface area contributed by atoms with E-state index in [2.05, 4.69) is 51.4 Å². The van der Waals surface area contributed by atoms with Gasteiger partial charge in [0.05, 0.1) is 14.1 Å². The molecule has 0 unspecified atom stereocenters. The highest BCUT2D eigenvalue weighted by molar-refractivity contribution is 5.96. The van der Waals surface area contributed by atoms with Crippen molar-refractivity contribution in [3.8, 4) is 5.75 Å². The van der Waals surface area contributed by atoms with E-state index in [1.54, 1.807) is 0 Å². The lowest BCUT2D eigenvalue weighted by atomic mass is 10.0. The van der Waals surface area contributed by atoms with Gasteiger partial charge in [0.1, 0.15) is 25.4 Å². The van der Waals surface area contributed by atoms with Gasteiger partial charge in [-0.15, -0.1) is 0 Å². The summed E-state index contributed by atoms with van der Waals surface area (Å²) in [6, 6.07) is 18.3. The summed E-state index contributed by atoms with van der Waals surface area (Å²) < 4.78 is 6.82. The predicted molar refractivity (Wildman–Crippen MR) is 135 cm³/mol. The summed E-state index contributed by atoms with van der Waals surface area (Å²) in [5.41, 5.74) is 2.14. The maximum absolute atomic E-state index is 12.4. The fourth-order valence-corrected chi connectivity index (χ4v) is 4.04. The topological polar surface area (TPSA) is 26.3 Å². The lowest BCUT2D eigenvalue weighted by Crippen LogP contribution is -3.00. The molecule has 0 N–H and O–H groups in total. The number of carbonyl (C=O) groups excluding carboxylic acids is 1. The Morgan fingerprint density at radius 3 is 1.97 bits per heavy atom. The van der Waals surface area contributed by atoms with Crippen molar-refractivity contribution in [3.05, 3.63) is 65.7 Å². The van der Waals surface area contributed by atoms with Crippen molar-refractivity contribution in [2.75, 3.05) is 27.2 Å². The fourth-order valence-electron chi connectivity index (χ4n) is 4.04. The van der Waals surface area contributed by atoms with E-state index in [0.717, 1.165) is 41.7 Å². The summed E-state index contributed by atoms with van der Waals surface area (Å²) in [7, 11) is 4.45. The Bertz CT molecular complexity index is 759. The normalized spacial score (nSPS) is 11.1. The van der Waals surface area contributed by atoms with Gasteiger partial charge in [-0.2, -0.15) is 0 Å². The lowest BCUT2D eigenvalue weighted by Gasteiger charge is -2.29. The van der Waals surface area contributed by atoms with Gasteiger partial charge in [0.2, 0.25) is 0 Å². The van der Waals surface area contributed by atoms with Gasteiger partial charge in [-0.05, 0) is 30.7 Å². The van der Waals surface area contributed by atoms with E-state index in [4.69, 9.17) is 4.74 Å². The van der Waals surface area contributed by atoms with Crippen LogP contribution in [0.2, 0.25) is 0 Å². The van der Waals surface area contributed by atoms with Crippen LogP contribution in [0, 0.1) is 0 Å². The standard InChI is InChI=1S/C29H44NO2.ClH/c1-4-5-6-7-8-9-10-11-15-18-29(31)27-19-21-28(22-20-27)32-24-23-30(2,3)25-26-16-13-12-14-17-26;/h12-14,16-17,19-22H,4-11,15,18,23-25H2,1-3H3;1H/q+1;/p-1. The molecule has 0 bridgehead atoms. The maximum atomic E-state index is 12.4. The zero-order valence-electron chi connectivity index (χ0n) is 21.0. The zero-order chi connectivity index (χ0) is 23.1. The summed E-state index contributed by atoms with van der Waals surface area (Å²) in [6.45, 7) is 4.82. The number of likely N-dealkylation sites (N-methyl/N-ethyl adjacent to an activating group) is 1. The molecule has 0 aliphatic heterocycles. The molecule has 184 valence electrons. The van der Waals surface area contributed by atoms with E-state index in [-0.39, 0.29) is 18.2 Å². The first-order chi connectivity index (χ1) is 15.5. The van der Waals surface area contributed by atoms with Crippen LogP contribution in [-0.4, -0.2) is 37.5 Å². The van der Waals surface area contributed by atoms with E-state index < -0.39 is 0 Å². The van der Waals surface area contributed by atoms with Gasteiger partial charge in [0, 0.05) is 17.5 Å². The third-order valence-corrected chi connectivity index (χ3v) is 6.10. The number of unbranched alkanes of at least 4 members (excludes halogenated alkanes) is 8. The molecule has 2 rings (SSSR count). The number of benzene rings is 2. The third kappa shape index (κ3) is 12.8. The van der Waals surface area contributed by atoms with Crippen LogP contribution in [0.15, 0.2) is 54.6 Å². The van der Waals surface area contributed by atoms with E-state index >= 15 is 0 Å². The monoisotopic (exact) mass is 473 g/mol.